The molecule has 434 valence electrons. The fraction of sp³-hybridized carbons (Fsp3) is 0.768. The fourth-order valence-electron chi connectivity index (χ4n) is 12.4. The molecule has 0 spiro atoms. The molecule has 0 radical (unpaired) electrons. The molecule has 4 aliphatic heterocycles. The number of carbonyl (C=O) groups excluding carboxylic acids is 3. The molecule has 21 nitrogen and oxygen atoms in total. The van der Waals surface area contributed by atoms with Crippen LogP contribution in [-0.4, -0.2) is 182 Å². The van der Waals surface area contributed by atoms with E-state index in [-0.39, 0.29) is 42.8 Å². The van der Waals surface area contributed by atoms with Crippen molar-refractivity contribution in [2.75, 3.05) is 59.9 Å². The number of aromatic nitrogens is 1. The lowest BCUT2D eigenvalue weighted by Gasteiger charge is -2.50. The van der Waals surface area contributed by atoms with Crippen molar-refractivity contribution in [1.82, 2.24) is 19.9 Å². The van der Waals surface area contributed by atoms with Gasteiger partial charge in [0.1, 0.15) is 29.7 Å². The number of hydrogen-bond acceptors (Lipinski definition) is 18. The number of fused-ring (bicyclic) bond motifs is 2. The Labute approximate surface area is 454 Å². The number of nitrogens with zero attached hydrogens (tertiary/aromatic N) is 2. The highest BCUT2D eigenvalue weighted by molar-refractivity contribution is 5.88. The summed E-state index contributed by atoms with van der Waals surface area (Å²) in [6.45, 7) is 22.5. The molecule has 5 N–H and O–H groups in total. The Bertz CT molecular complexity index is 2420. The van der Waals surface area contributed by atoms with Crippen LogP contribution in [0.4, 0.5) is 10.5 Å². The number of anilines is 1. The maximum absolute atomic E-state index is 14.8. The highest BCUT2D eigenvalue weighted by atomic mass is 16.7. The number of amides is 1. The molecule has 0 aromatic carbocycles. The van der Waals surface area contributed by atoms with Crippen LogP contribution in [0.25, 0.3) is 5.52 Å². The van der Waals surface area contributed by atoms with Crippen molar-refractivity contribution in [3.05, 3.63) is 45.9 Å². The highest BCUT2D eigenvalue weighted by Gasteiger charge is 2.58. The Balaban J connectivity index is 1.19. The summed E-state index contributed by atoms with van der Waals surface area (Å²) in [5.41, 5.74) is -2.17. The Morgan fingerprint density at radius 1 is 0.909 bits per heavy atom. The minimum atomic E-state index is -1.39. The van der Waals surface area contributed by atoms with E-state index in [9.17, 15) is 34.2 Å². The van der Waals surface area contributed by atoms with E-state index in [1.807, 2.05) is 80.5 Å². The van der Waals surface area contributed by atoms with Gasteiger partial charge in [-0.05, 0) is 118 Å². The smallest absolute Gasteiger partial charge is 0.408 e. The summed E-state index contributed by atoms with van der Waals surface area (Å²) in [7, 11) is 6.95. The van der Waals surface area contributed by atoms with Crippen molar-refractivity contribution in [1.29, 1.82) is 0 Å². The molecule has 0 unspecified atom stereocenters. The quantitative estimate of drug-likeness (QED) is 0.0897. The molecular weight excluding hydrogens is 999 g/mol. The van der Waals surface area contributed by atoms with E-state index in [0.717, 1.165) is 11.3 Å². The van der Waals surface area contributed by atoms with Crippen LogP contribution in [0.15, 0.2) is 29.2 Å². The number of cyclic esters (lactones) is 1. The molecule has 18 atom stereocenters. The number of likely N-dealkylation sites (N-methyl/N-ethyl adjacent to an activating group) is 1. The van der Waals surface area contributed by atoms with Gasteiger partial charge in [0.05, 0.1) is 53.1 Å². The first kappa shape index (κ1) is 61.9. The number of hydrogen-bond donors (Lipinski definition) is 5. The van der Waals surface area contributed by atoms with Gasteiger partial charge in [-0.1, -0.05) is 34.6 Å². The van der Waals surface area contributed by atoms with Gasteiger partial charge in [-0.15, -0.1) is 0 Å². The number of alkyl carbamates (subject to hydrolysis) is 1. The Hall–Kier alpha value is -4.29. The van der Waals surface area contributed by atoms with Crippen LogP contribution < -0.4 is 21.5 Å². The first-order valence-electron chi connectivity index (χ1n) is 27.6. The van der Waals surface area contributed by atoms with E-state index in [1.165, 1.54) is 10.5 Å². The van der Waals surface area contributed by atoms with Gasteiger partial charge in [0.15, 0.2) is 18.2 Å². The van der Waals surface area contributed by atoms with E-state index in [4.69, 9.17) is 42.6 Å². The number of ketones is 1. The molecule has 0 bridgehead atoms. The molecule has 4 aliphatic rings. The summed E-state index contributed by atoms with van der Waals surface area (Å²) in [6, 6.07) is 3.92. The van der Waals surface area contributed by atoms with E-state index in [0.29, 0.717) is 51.0 Å². The third-order valence-electron chi connectivity index (χ3n) is 16.9. The maximum Gasteiger partial charge on any atom is 0.408 e. The number of carboxylic acid groups (broad SMARTS) is 1. The number of methoxy groups -OCH3 is 2. The molecular formula is C56H89N5O16. The van der Waals surface area contributed by atoms with Crippen LogP contribution in [0.2, 0.25) is 0 Å². The third-order valence-corrected chi connectivity index (χ3v) is 16.9. The molecule has 0 saturated carbocycles. The number of carbonyl (C=O) groups is 4. The number of esters is 1. The molecule has 4 saturated heterocycles. The van der Waals surface area contributed by atoms with Crippen molar-refractivity contribution in [2.24, 2.45) is 23.7 Å². The number of ether oxygens (including phenoxy) is 9. The predicted octanol–water partition coefficient (Wildman–Crippen LogP) is 5.18. The number of carboxylic acids is 1. The molecule has 2 aromatic rings. The lowest BCUT2D eigenvalue weighted by Crippen LogP contribution is -2.61. The van der Waals surface area contributed by atoms with Gasteiger partial charge in [0.2, 0.25) is 0 Å². The van der Waals surface area contributed by atoms with Crippen molar-refractivity contribution in [3.63, 3.8) is 0 Å². The fourth-order valence-corrected chi connectivity index (χ4v) is 12.4. The third kappa shape index (κ3) is 13.5. The zero-order valence-electron chi connectivity index (χ0n) is 48.0. The largest absolute Gasteiger partial charge is 0.477 e. The second-order valence-electron chi connectivity index (χ2n) is 22.8. The van der Waals surface area contributed by atoms with Crippen LogP contribution in [0, 0.1) is 23.7 Å². The van der Waals surface area contributed by atoms with Gasteiger partial charge in [0, 0.05) is 76.0 Å². The molecule has 2 aromatic heterocycles. The number of Topliss-reactive ketones (excluding diaryl/α,β-unsaturated/α-hetero) is 1. The zero-order valence-corrected chi connectivity index (χ0v) is 48.0. The van der Waals surface area contributed by atoms with Gasteiger partial charge in [0.25, 0.3) is 5.56 Å². The van der Waals surface area contributed by atoms with Crippen LogP contribution in [-0.2, 0) is 58.6 Å². The molecule has 6 rings (SSSR count). The summed E-state index contributed by atoms with van der Waals surface area (Å²) in [5.74, 6) is -5.15. The first-order chi connectivity index (χ1) is 36.3. The average Bonchev–Trinajstić information content (AvgIpc) is 3.73. The average molecular weight is 1090 g/mol. The first-order valence-corrected chi connectivity index (χ1v) is 27.6. The Morgan fingerprint density at radius 2 is 1.60 bits per heavy atom. The van der Waals surface area contributed by atoms with Crippen LogP contribution >= 0.6 is 0 Å². The molecule has 21 heteroatoms. The van der Waals surface area contributed by atoms with Crippen molar-refractivity contribution >= 4 is 35.0 Å². The van der Waals surface area contributed by atoms with Gasteiger partial charge in [-0.25, -0.2) is 9.59 Å². The van der Waals surface area contributed by atoms with Gasteiger partial charge < -0.3 is 73.7 Å². The molecule has 6 heterocycles. The van der Waals surface area contributed by atoms with E-state index < -0.39 is 119 Å². The highest BCUT2D eigenvalue weighted by Crippen LogP contribution is 2.43. The van der Waals surface area contributed by atoms with Gasteiger partial charge >= 0.3 is 18.0 Å². The van der Waals surface area contributed by atoms with Crippen LogP contribution in [0.1, 0.15) is 124 Å². The number of aryl methyl sites for hydroxylation is 1. The summed E-state index contributed by atoms with van der Waals surface area (Å²) < 4.78 is 59.9. The minimum Gasteiger partial charge on any atom is -0.477 e. The van der Waals surface area contributed by atoms with Crippen molar-refractivity contribution < 1.29 is 72.0 Å². The summed E-state index contributed by atoms with van der Waals surface area (Å²) in [6.07, 6.45) is -4.07. The number of pyridine rings is 2. The Morgan fingerprint density at radius 3 is 2.23 bits per heavy atom. The number of nitrogens with one attached hydrogen (secondary N) is 3. The lowest BCUT2D eigenvalue weighted by atomic mass is 9.73. The SMILES string of the molecule is CCc1cc(C(=O)O)c(=O)n2ccc(NCCNCCCO[C@H]3[C@H](C)O[C@@H](O[C@H]4[C@H](C)[C@@H](O[C@@H]5O[C@H](C)C[C@H](N(C)C)[C@H]5O)[C@](C)(OC)C[C@@H](C)C(=O)[C@H](C)[C@H]5NC(=O)O[C@]5(C)[C@@H](CC)OC(=O)[C@@H]4C)C[C@@]3(C)OC)cc12. The topological polar surface area (TPSA) is 253 Å². The molecule has 4 fully saturated rings. The number of aliphatic hydroxyl groups excluding tert-OH is 1. The van der Waals surface area contributed by atoms with E-state index >= 15 is 0 Å². The summed E-state index contributed by atoms with van der Waals surface area (Å²) in [5, 5.41) is 31.0. The molecule has 77 heavy (non-hydrogen) atoms. The van der Waals surface area contributed by atoms with Crippen molar-refractivity contribution in [2.45, 2.75) is 199 Å². The standard InChI is InChI=1S/C56H89N5O16/c1-16-36-26-38(50(65)66)49(64)61-23-19-37(27-39(36)61)58-22-21-57-20-18-24-71-48-35(8)73-42(29-55(48,10)70-15)75-45-33(6)47(76-52-44(63)40(60(12)13)25-31(4)72-52)54(9,69-14)28-30(3)43(62)32(5)46-56(11,77-53(68)59-46)41(17-2)74-51(67)34(45)7/h19,23,26-27,30-35,40-42,44-48,52,57-58,63H,16-18,20-22,24-25,28-29H2,1-15H3,(H,59,68)(H,65,66)/t30-,31-,32+,33+,34-,35+,40+,41-,42+,44-,45+,46-,47-,48+,52+,54-,55-,56-/m1/s1. The molecule has 1 amide bonds. The van der Waals surface area contributed by atoms with Gasteiger partial charge in [-0.3, -0.25) is 18.8 Å². The zero-order chi connectivity index (χ0) is 56.9. The summed E-state index contributed by atoms with van der Waals surface area (Å²) in [4.78, 5) is 68.8. The van der Waals surface area contributed by atoms with Crippen LogP contribution in [0.3, 0.4) is 0 Å². The monoisotopic (exact) mass is 1090 g/mol. The predicted molar refractivity (Wildman–Crippen MR) is 286 cm³/mol. The summed E-state index contributed by atoms with van der Waals surface area (Å²) >= 11 is 0. The van der Waals surface area contributed by atoms with E-state index in [1.54, 1.807) is 47.3 Å². The second-order valence-corrected chi connectivity index (χ2v) is 22.8. The second kappa shape index (κ2) is 25.9. The van der Waals surface area contributed by atoms with Crippen molar-refractivity contribution in [3.8, 4) is 0 Å². The Kier molecular flexibility index (Phi) is 20.8. The van der Waals surface area contributed by atoms with Crippen LogP contribution in [0.5, 0.6) is 0 Å². The molecule has 0 aliphatic carbocycles. The normalized spacial score (nSPS) is 37.4. The number of aromatic carboxylic acids is 1. The number of aliphatic hydroxyl groups is 1. The van der Waals surface area contributed by atoms with Gasteiger partial charge in [-0.2, -0.15) is 0 Å². The number of rotatable bonds is 19. The minimum absolute atomic E-state index is 0.150. The maximum atomic E-state index is 14.8. The van der Waals surface area contributed by atoms with E-state index in [2.05, 4.69) is 16.0 Å². The lowest BCUT2D eigenvalue weighted by molar-refractivity contribution is -0.322.